The summed E-state index contributed by atoms with van der Waals surface area (Å²) in [7, 11) is 5.82. The van der Waals surface area contributed by atoms with E-state index in [9.17, 15) is 19.2 Å². The van der Waals surface area contributed by atoms with Crippen LogP contribution in [0.5, 0.6) is 11.5 Å². The van der Waals surface area contributed by atoms with Gasteiger partial charge in [0.15, 0.2) is 0 Å². The van der Waals surface area contributed by atoms with Gasteiger partial charge in [-0.25, -0.2) is 9.59 Å². The fourth-order valence-corrected chi connectivity index (χ4v) is 8.80. The molecule has 4 aromatic heterocycles. The highest BCUT2D eigenvalue weighted by molar-refractivity contribution is 6.32. The van der Waals surface area contributed by atoms with Crippen LogP contribution in [-0.4, -0.2) is 150 Å². The summed E-state index contributed by atoms with van der Waals surface area (Å²) in [6.45, 7) is 15.1. The lowest BCUT2D eigenvalue weighted by atomic mass is 10.1. The van der Waals surface area contributed by atoms with Crippen LogP contribution >= 0.6 is 34.8 Å². The zero-order chi connectivity index (χ0) is 51.7. The second-order valence-corrected chi connectivity index (χ2v) is 17.8. The first-order valence-electron chi connectivity index (χ1n) is 22.4. The van der Waals surface area contributed by atoms with Crippen molar-refractivity contribution in [2.24, 2.45) is 0 Å². The smallest absolute Gasteiger partial charge is 0.342 e. The molecule has 0 bridgehead atoms. The van der Waals surface area contributed by atoms with E-state index < -0.39 is 11.9 Å². The summed E-state index contributed by atoms with van der Waals surface area (Å²) in [4.78, 5) is 57.1. The number of esters is 2. The molecule has 8 rings (SSSR count). The topological polar surface area (TPSA) is 217 Å². The standard InChI is InChI=1S/C24H28ClN5O5.C14H18Cl2N2O2.C10H11N3O3/c1-14-12-28(17-6-7-18(25)20(11-17)33-4)8-9-29(14)21(31)13-30-16(3)22(24(32)34-5)23(26-30)19-10-15(2)35-27-19;1-10-9-17(5-6-18(10)14(19)8-15)11-3-4-12(16)13(7-11)20-2;1-5-4-7(13-16-5)9-8(10(14)15-3)6(2)11-12-9/h6-7,10-11,14H,8-9,12-13H2,1-5H3;3-4,7,10H,5-6,8-9H2,1-2H3;4H,1-3H3,(H,11,12)/t14-;10-;/m00./s1. The lowest BCUT2D eigenvalue weighted by Gasteiger charge is -2.41. The highest BCUT2D eigenvalue weighted by Gasteiger charge is 2.32. The number of hydrogen-bond acceptors (Lipinski definition) is 16. The Morgan fingerprint density at radius 2 is 1.15 bits per heavy atom. The zero-order valence-electron chi connectivity index (χ0n) is 41.2. The number of H-pyrrole nitrogens is 1. The Hall–Kier alpha value is -6.77. The fourth-order valence-electron chi connectivity index (χ4n) is 8.26. The van der Waals surface area contributed by atoms with Crippen molar-refractivity contribution in [3.8, 4) is 34.3 Å². The van der Waals surface area contributed by atoms with Crippen molar-refractivity contribution in [2.75, 3.05) is 83.4 Å². The number of aromatic nitrogens is 6. The zero-order valence-corrected chi connectivity index (χ0v) is 43.4. The molecule has 1 N–H and O–H groups in total. The number of alkyl halides is 1. The van der Waals surface area contributed by atoms with Crippen molar-refractivity contribution >= 4 is 69.9 Å². The van der Waals surface area contributed by atoms with Crippen LogP contribution in [0.4, 0.5) is 11.4 Å². The largest absolute Gasteiger partial charge is 0.495 e. The van der Waals surface area contributed by atoms with Crippen molar-refractivity contribution in [1.29, 1.82) is 0 Å². The maximum absolute atomic E-state index is 13.3. The van der Waals surface area contributed by atoms with Crippen molar-refractivity contribution < 1.29 is 47.2 Å². The first kappa shape index (κ1) is 53.6. The molecule has 2 atom stereocenters. The molecule has 2 aliphatic heterocycles. The van der Waals surface area contributed by atoms with Crippen molar-refractivity contribution in [3.05, 3.63) is 92.6 Å². The molecule has 71 heavy (non-hydrogen) atoms. The van der Waals surface area contributed by atoms with Gasteiger partial charge in [0, 0.05) is 92.7 Å². The molecular weight excluding hydrogens is 983 g/mol. The Labute approximate surface area is 425 Å². The molecule has 0 spiro atoms. The van der Waals surface area contributed by atoms with Gasteiger partial charge in [0.05, 0.1) is 44.2 Å². The molecular formula is C48H57Cl3N10O10. The summed E-state index contributed by atoms with van der Waals surface area (Å²) in [5.74, 6) is 1.48. The number of amides is 2. The summed E-state index contributed by atoms with van der Waals surface area (Å²) < 4.78 is 31.8. The molecule has 0 aliphatic carbocycles. The number of benzene rings is 2. The molecule has 0 unspecified atom stereocenters. The molecule has 2 aliphatic rings. The van der Waals surface area contributed by atoms with Crippen LogP contribution in [0.3, 0.4) is 0 Å². The Balaban J connectivity index is 0.000000193. The number of anilines is 2. The van der Waals surface area contributed by atoms with E-state index in [4.69, 9.17) is 58.1 Å². The van der Waals surface area contributed by atoms with Gasteiger partial charge >= 0.3 is 11.9 Å². The van der Waals surface area contributed by atoms with E-state index in [0.717, 1.165) is 24.5 Å². The van der Waals surface area contributed by atoms with Gasteiger partial charge in [0.2, 0.25) is 11.8 Å². The molecule has 2 fully saturated rings. The van der Waals surface area contributed by atoms with E-state index in [1.54, 1.807) is 54.0 Å². The minimum absolute atomic E-state index is 0.00694. The Morgan fingerprint density at radius 1 is 0.676 bits per heavy atom. The lowest BCUT2D eigenvalue weighted by molar-refractivity contribution is -0.134. The molecule has 380 valence electrons. The number of ether oxygens (including phenoxy) is 4. The van der Waals surface area contributed by atoms with E-state index in [-0.39, 0.29) is 41.9 Å². The number of aromatic amines is 1. The van der Waals surface area contributed by atoms with Gasteiger partial charge < -0.3 is 47.6 Å². The number of piperazine rings is 2. The van der Waals surface area contributed by atoms with Crippen LogP contribution in [-0.2, 0) is 25.6 Å². The molecule has 6 heterocycles. The highest BCUT2D eigenvalue weighted by Crippen LogP contribution is 2.33. The van der Waals surface area contributed by atoms with Crippen LogP contribution < -0.4 is 19.3 Å². The van der Waals surface area contributed by atoms with Crippen LogP contribution in [0.1, 0.15) is 57.5 Å². The van der Waals surface area contributed by atoms with Gasteiger partial charge in [-0.3, -0.25) is 19.4 Å². The summed E-state index contributed by atoms with van der Waals surface area (Å²) in [6, 6.07) is 14.9. The minimum atomic E-state index is -0.544. The van der Waals surface area contributed by atoms with Gasteiger partial charge in [-0.15, -0.1) is 11.6 Å². The van der Waals surface area contributed by atoms with Gasteiger partial charge in [-0.05, 0) is 65.8 Å². The van der Waals surface area contributed by atoms with Gasteiger partial charge in [-0.1, -0.05) is 33.5 Å². The maximum Gasteiger partial charge on any atom is 0.342 e. The molecule has 2 saturated heterocycles. The van der Waals surface area contributed by atoms with E-state index in [1.165, 1.54) is 18.9 Å². The van der Waals surface area contributed by atoms with Crippen LogP contribution in [0, 0.1) is 27.7 Å². The van der Waals surface area contributed by atoms with Gasteiger partial charge in [-0.2, -0.15) is 10.2 Å². The molecule has 6 aromatic rings. The summed E-state index contributed by atoms with van der Waals surface area (Å²) >= 11 is 17.8. The second-order valence-electron chi connectivity index (χ2n) is 16.7. The first-order chi connectivity index (χ1) is 33.9. The van der Waals surface area contributed by atoms with E-state index in [0.29, 0.717) is 99.0 Å². The number of rotatable bonds is 11. The number of carbonyl (C=O) groups is 4. The molecule has 0 radical (unpaired) electrons. The van der Waals surface area contributed by atoms with Crippen LogP contribution in [0.15, 0.2) is 57.6 Å². The number of carbonyl (C=O) groups excluding carboxylic acids is 4. The summed E-state index contributed by atoms with van der Waals surface area (Å²) in [6.07, 6.45) is 0. The Morgan fingerprint density at radius 3 is 1.59 bits per heavy atom. The molecule has 2 amide bonds. The first-order valence-corrected chi connectivity index (χ1v) is 23.7. The average Bonchev–Trinajstić information content (AvgIpc) is 4.17. The number of aryl methyl sites for hydroxylation is 3. The molecule has 2 aromatic carbocycles. The normalized spacial score (nSPS) is 15.6. The number of halogens is 3. The predicted octanol–water partition coefficient (Wildman–Crippen LogP) is 7.43. The summed E-state index contributed by atoms with van der Waals surface area (Å²) in [5, 5.41) is 20.2. The van der Waals surface area contributed by atoms with Gasteiger partial charge in [0.1, 0.15) is 69.3 Å². The monoisotopic (exact) mass is 1040 g/mol. The number of nitrogens with one attached hydrogen (secondary N) is 1. The number of hydrogen-bond donors (Lipinski definition) is 1. The van der Waals surface area contributed by atoms with Crippen molar-refractivity contribution in [2.45, 2.75) is 60.2 Å². The molecule has 23 heteroatoms. The lowest BCUT2D eigenvalue weighted by Crippen LogP contribution is -2.54. The molecule has 20 nitrogen and oxygen atoms in total. The van der Waals surface area contributed by atoms with E-state index in [2.05, 4.69) is 40.1 Å². The maximum atomic E-state index is 13.3. The molecule has 0 saturated carbocycles. The average molecular weight is 1040 g/mol. The fraction of sp³-hybridized carbons (Fsp3) is 0.417. The minimum Gasteiger partial charge on any atom is -0.495 e. The SMILES string of the molecule is COC(=O)c1c(-c2cc(C)on2)n[nH]c1C.COC(=O)c1c(-c2cc(C)on2)nn(CC(=O)N2CCN(c3ccc(Cl)c(OC)c3)C[C@@H]2C)c1C.COc1cc(N2CCN(C(=O)CCl)[C@@H](C)C2)ccc1Cl. The van der Waals surface area contributed by atoms with Crippen molar-refractivity contribution in [1.82, 2.24) is 40.1 Å². The quantitative estimate of drug-likeness (QED) is 0.0986. The highest BCUT2D eigenvalue weighted by atomic mass is 35.5. The Kier molecular flexibility index (Phi) is 18.0. The predicted molar refractivity (Wildman–Crippen MR) is 267 cm³/mol. The summed E-state index contributed by atoms with van der Waals surface area (Å²) in [5.41, 5.74) is 5.57. The third-order valence-corrected chi connectivity index (χ3v) is 12.8. The van der Waals surface area contributed by atoms with Crippen LogP contribution in [0.25, 0.3) is 22.8 Å². The van der Waals surface area contributed by atoms with E-state index >= 15 is 0 Å². The Bertz CT molecular complexity index is 2840. The number of nitrogens with zero attached hydrogens (tertiary/aromatic N) is 9. The second kappa shape index (κ2) is 23.9. The van der Waals surface area contributed by atoms with Crippen LogP contribution in [0.2, 0.25) is 10.0 Å². The number of methoxy groups -OCH3 is 4. The van der Waals surface area contributed by atoms with Gasteiger partial charge in [0.25, 0.3) is 0 Å². The van der Waals surface area contributed by atoms with Crippen molar-refractivity contribution in [3.63, 3.8) is 0 Å². The van der Waals surface area contributed by atoms with E-state index in [1.807, 2.05) is 60.0 Å². The third-order valence-electron chi connectivity index (χ3n) is 12.0. The third kappa shape index (κ3) is 12.4.